The molecule has 0 saturated carbocycles. The summed E-state index contributed by atoms with van der Waals surface area (Å²) in [5.74, 6) is -0.229. The summed E-state index contributed by atoms with van der Waals surface area (Å²) in [5, 5.41) is 6.56. The molecule has 1 aromatic carbocycles. The number of nitrogens with zero attached hydrogens (tertiary/aromatic N) is 1. The summed E-state index contributed by atoms with van der Waals surface area (Å²) in [5.41, 5.74) is 6.69. The number of hydrogen-bond donors (Lipinski definition) is 2. The van der Waals surface area contributed by atoms with Gasteiger partial charge in [0.15, 0.2) is 0 Å². The van der Waals surface area contributed by atoms with Crippen molar-refractivity contribution in [1.29, 1.82) is 0 Å². The highest BCUT2D eigenvalue weighted by Gasteiger charge is 2.16. The number of hydrogen-bond acceptors (Lipinski definition) is 4. The van der Waals surface area contributed by atoms with Crippen molar-refractivity contribution in [2.24, 2.45) is 5.73 Å². The van der Waals surface area contributed by atoms with Gasteiger partial charge < -0.3 is 11.1 Å². The van der Waals surface area contributed by atoms with Crippen molar-refractivity contribution in [2.75, 3.05) is 6.54 Å². The van der Waals surface area contributed by atoms with Crippen molar-refractivity contribution in [1.82, 2.24) is 10.3 Å². The molecule has 2 aromatic rings. The van der Waals surface area contributed by atoms with Crippen LogP contribution in [0.5, 0.6) is 0 Å². The normalized spacial score (nSPS) is 12.2. The Bertz CT molecular complexity index is 645. The fraction of sp³-hybridized carbons (Fsp3) is 0.286. The molecule has 0 radical (unpaired) electrons. The third-order valence-electron chi connectivity index (χ3n) is 2.92. The van der Waals surface area contributed by atoms with E-state index in [0.717, 1.165) is 10.6 Å². The molecule has 4 nitrogen and oxygen atoms in total. The number of thiazole rings is 1. The first-order valence-electron chi connectivity index (χ1n) is 6.41. The Kier molecular flexibility index (Phi) is 5.58. The molecule has 2 rings (SSSR count). The molecular formula is C14H15Cl2N3OS. The van der Waals surface area contributed by atoms with Gasteiger partial charge in [-0.25, -0.2) is 4.98 Å². The molecule has 0 aliphatic carbocycles. The van der Waals surface area contributed by atoms with Gasteiger partial charge in [0.25, 0.3) is 5.91 Å². The fourth-order valence-corrected chi connectivity index (χ4v) is 3.22. The summed E-state index contributed by atoms with van der Waals surface area (Å²) in [4.78, 5) is 16.4. The maximum Gasteiger partial charge on any atom is 0.271 e. The minimum absolute atomic E-state index is 0.229. The Morgan fingerprint density at radius 1 is 1.48 bits per heavy atom. The SMILES string of the molecule is CC(NC(=O)c1csc(CCN)n1)c1ccc(Cl)cc1Cl. The molecule has 1 atom stereocenters. The van der Waals surface area contributed by atoms with Crippen molar-refractivity contribution < 1.29 is 4.79 Å². The lowest BCUT2D eigenvalue weighted by Gasteiger charge is -2.15. The molecule has 1 amide bonds. The molecular weight excluding hydrogens is 329 g/mol. The highest BCUT2D eigenvalue weighted by atomic mass is 35.5. The van der Waals surface area contributed by atoms with Gasteiger partial charge in [0.05, 0.1) is 11.0 Å². The van der Waals surface area contributed by atoms with E-state index >= 15 is 0 Å². The van der Waals surface area contributed by atoms with E-state index in [9.17, 15) is 4.79 Å². The summed E-state index contributed by atoms with van der Waals surface area (Å²) in [7, 11) is 0. The van der Waals surface area contributed by atoms with Crippen LogP contribution in [0.2, 0.25) is 10.0 Å². The average molecular weight is 344 g/mol. The van der Waals surface area contributed by atoms with Crippen LogP contribution in [0.15, 0.2) is 23.6 Å². The predicted octanol–water partition coefficient (Wildman–Crippen LogP) is 3.44. The molecule has 0 aliphatic rings. The van der Waals surface area contributed by atoms with E-state index in [1.165, 1.54) is 11.3 Å². The summed E-state index contributed by atoms with van der Waals surface area (Å²) in [6, 6.07) is 4.97. The monoisotopic (exact) mass is 343 g/mol. The van der Waals surface area contributed by atoms with Crippen LogP contribution in [0.1, 0.15) is 34.0 Å². The Balaban J connectivity index is 2.07. The van der Waals surface area contributed by atoms with E-state index < -0.39 is 0 Å². The Morgan fingerprint density at radius 3 is 2.90 bits per heavy atom. The van der Waals surface area contributed by atoms with Crippen LogP contribution in [-0.2, 0) is 6.42 Å². The van der Waals surface area contributed by atoms with Gasteiger partial charge >= 0.3 is 0 Å². The van der Waals surface area contributed by atoms with Gasteiger partial charge in [-0.1, -0.05) is 29.3 Å². The lowest BCUT2D eigenvalue weighted by atomic mass is 10.1. The molecule has 21 heavy (non-hydrogen) atoms. The van der Waals surface area contributed by atoms with Gasteiger partial charge in [-0.05, 0) is 31.2 Å². The van der Waals surface area contributed by atoms with Crippen molar-refractivity contribution >= 4 is 40.4 Å². The molecule has 1 unspecified atom stereocenters. The van der Waals surface area contributed by atoms with Crippen LogP contribution < -0.4 is 11.1 Å². The van der Waals surface area contributed by atoms with Crippen LogP contribution in [0, 0.1) is 0 Å². The first-order valence-corrected chi connectivity index (χ1v) is 8.05. The van der Waals surface area contributed by atoms with Crippen molar-refractivity contribution in [3.63, 3.8) is 0 Å². The van der Waals surface area contributed by atoms with Crippen LogP contribution in [0.25, 0.3) is 0 Å². The van der Waals surface area contributed by atoms with Gasteiger partial charge in [-0.15, -0.1) is 11.3 Å². The molecule has 112 valence electrons. The highest BCUT2D eigenvalue weighted by molar-refractivity contribution is 7.09. The lowest BCUT2D eigenvalue weighted by molar-refractivity contribution is 0.0935. The predicted molar refractivity (Wildman–Crippen MR) is 87.2 cm³/mol. The van der Waals surface area contributed by atoms with E-state index in [0.29, 0.717) is 28.7 Å². The first kappa shape index (κ1) is 16.2. The first-order chi connectivity index (χ1) is 10.0. The number of halogens is 2. The number of amides is 1. The second-order valence-corrected chi connectivity index (χ2v) is 6.31. The number of benzene rings is 1. The van der Waals surface area contributed by atoms with Gasteiger partial charge in [0, 0.05) is 21.8 Å². The second kappa shape index (κ2) is 7.22. The Labute approximate surface area is 137 Å². The quantitative estimate of drug-likeness (QED) is 0.873. The number of carbonyl (C=O) groups is 1. The number of nitrogens with one attached hydrogen (secondary N) is 1. The second-order valence-electron chi connectivity index (χ2n) is 4.53. The third-order valence-corrected chi connectivity index (χ3v) is 4.39. The molecule has 0 fully saturated rings. The standard InChI is InChI=1S/C14H15Cl2N3OS/c1-8(10-3-2-9(15)6-11(10)16)18-14(20)12-7-21-13(19-12)4-5-17/h2-3,6-8H,4-5,17H2,1H3,(H,18,20). The van der Waals surface area contributed by atoms with Crippen molar-refractivity contribution in [3.05, 3.63) is 49.9 Å². The molecule has 0 aliphatic heterocycles. The van der Waals surface area contributed by atoms with E-state index in [1.54, 1.807) is 23.6 Å². The molecule has 0 bridgehead atoms. The number of aromatic nitrogens is 1. The zero-order valence-corrected chi connectivity index (χ0v) is 13.7. The van der Waals surface area contributed by atoms with Crippen molar-refractivity contribution in [2.45, 2.75) is 19.4 Å². The minimum atomic E-state index is -0.234. The van der Waals surface area contributed by atoms with Gasteiger partial charge in [-0.3, -0.25) is 4.79 Å². The summed E-state index contributed by atoms with van der Waals surface area (Å²) in [6.07, 6.45) is 0.677. The smallest absolute Gasteiger partial charge is 0.271 e. The zero-order chi connectivity index (χ0) is 15.4. The maximum atomic E-state index is 12.2. The summed E-state index contributed by atoms with van der Waals surface area (Å²) >= 11 is 13.4. The molecule has 1 aromatic heterocycles. The van der Waals surface area contributed by atoms with Crippen LogP contribution in [0.3, 0.4) is 0 Å². The minimum Gasteiger partial charge on any atom is -0.344 e. The number of rotatable bonds is 5. The molecule has 1 heterocycles. The molecule has 0 saturated heterocycles. The largest absolute Gasteiger partial charge is 0.344 e. The van der Waals surface area contributed by atoms with Crippen LogP contribution in [-0.4, -0.2) is 17.4 Å². The topological polar surface area (TPSA) is 68.0 Å². The summed E-state index contributed by atoms with van der Waals surface area (Å²) in [6.45, 7) is 2.38. The maximum absolute atomic E-state index is 12.2. The average Bonchev–Trinajstić information content (AvgIpc) is 2.87. The van der Waals surface area contributed by atoms with E-state index in [-0.39, 0.29) is 11.9 Å². The fourth-order valence-electron chi connectivity index (χ4n) is 1.85. The van der Waals surface area contributed by atoms with Gasteiger partial charge in [-0.2, -0.15) is 0 Å². The van der Waals surface area contributed by atoms with Gasteiger partial charge in [0.1, 0.15) is 5.69 Å². The van der Waals surface area contributed by atoms with Crippen LogP contribution in [0.4, 0.5) is 0 Å². The van der Waals surface area contributed by atoms with Crippen LogP contribution >= 0.6 is 34.5 Å². The molecule has 0 spiro atoms. The summed E-state index contributed by atoms with van der Waals surface area (Å²) < 4.78 is 0. The van der Waals surface area contributed by atoms with E-state index in [4.69, 9.17) is 28.9 Å². The van der Waals surface area contributed by atoms with E-state index in [1.807, 2.05) is 6.92 Å². The van der Waals surface area contributed by atoms with E-state index in [2.05, 4.69) is 10.3 Å². The molecule has 3 N–H and O–H groups in total. The third kappa shape index (κ3) is 4.17. The zero-order valence-electron chi connectivity index (χ0n) is 11.4. The lowest BCUT2D eigenvalue weighted by Crippen LogP contribution is -2.27. The highest BCUT2D eigenvalue weighted by Crippen LogP contribution is 2.26. The number of nitrogens with two attached hydrogens (primary N) is 1. The Morgan fingerprint density at radius 2 is 2.24 bits per heavy atom. The van der Waals surface area contributed by atoms with Crippen molar-refractivity contribution in [3.8, 4) is 0 Å². The Hall–Kier alpha value is -1.14. The molecule has 7 heteroatoms. The number of carbonyl (C=O) groups excluding carboxylic acids is 1. The van der Waals surface area contributed by atoms with Gasteiger partial charge in [0.2, 0.25) is 0 Å².